The van der Waals surface area contributed by atoms with Gasteiger partial charge >= 0.3 is 0 Å². The van der Waals surface area contributed by atoms with Gasteiger partial charge in [0.05, 0.1) is 17.8 Å². The molecule has 7 nitrogen and oxygen atoms in total. The van der Waals surface area contributed by atoms with Gasteiger partial charge in [0.2, 0.25) is 11.8 Å². The molecule has 2 aromatic rings. The van der Waals surface area contributed by atoms with Crippen LogP contribution >= 0.6 is 0 Å². The highest BCUT2D eigenvalue weighted by atomic mass is 16.2. The summed E-state index contributed by atoms with van der Waals surface area (Å²) in [6.07, 6.45) is 1.13. The van der Waals surface area contributed by atoms with E-state index in [1.54, 1.807) is 29.2 Å². The fourth-order valence-electron chi connectivity index (χ4n) is 3.49. The molecular formula is C22H26N4O3. The number of carbonyl (C=O) groups is 3. The summed E-state index contributed by atoms with van der Waals surface area (Å²) >= 11 is 0. The summed E-state index contributed by atoms with van der Waals surface area (Å²) in [5.41, 5.74) is 7.23. The van der Waals surface area contributed by atoms with Crippen LogP contribution in [0.2, 0.25) is 0 Å². The Bertz CT molecular complexity index is 877. The number of rotatable bonds is 6. The zero-order valence-corrected chi connectivity index (χ0v) is 16.5. The number of piperidine rings is 1. The number of amides is 3. The van der Waals surface area contributed by atoms with Crippen LogP contribution in [0.4, 0.5) is 11.4 Å². The molecule has 1 aliphatic heterocycles. The van der Waals surface area contributed by atoms with E-state index in [0.717, 1.165) is 5.69 Å². The summed E-state index contributed by atoms with van der Waals surface area (Å²) in [6, 6.07) is 16.6. The van der Waals surface area contributed by atoms with E-state index >= 15 is 0 Å². The number of primary amides is 1. The van der Waals surface area contributed by atoms with Crippen molar-refractivity contribution in [3.05, 3.63) is 60.2 Å². The quantitative estimate of drug-likeness (QED) is 0.784. The number of nitrogens with one attached hydrogen (secondary N) is 1. The van der Waals surface area contributed by atoms with Gasteiger partial charge in [0.1, 0.15) is 0 Å². The van der Waals surface area contributed by atoms with Crippen molar-refractivity contribution >= 4 is 29.1 Å². The molecule has 0 saturated carbocycles. The van der Waals surface area contributed by atoms with Crippen molar-refractivity contribution < 1.29 is 14.4 Å². The van der Waals surface area contributed by atoms with Crippen LogP contribution in [0.15, 0.2) is 54.6 Å². The predicted molar refractivity (Wildman–Crippen MR) is 113 cm³/mol. The van der Waals surface area contributed by atoms with Crippen LogP contribution in [0.5, 0.6) is 0 Å². The molecule has 1 saturated heterocycles. The number of nitrogens with zero attached hydrogens (tertiary/aromatic N) is 2. The lowest BCUT2D eigenvalue weighted by atomic mass is 9.95. The molecule has 0 atom stereocenters. The Morgan fingerprint density at radius 2 is 1.66 bits per heavy atom. The van der Waals surface area contributed by atoms with Gasteiger partial charge in [0.15, 0.2) is 0 Å². The second-order valence-electron chi connectivity index (χ2n) is 7.25. The molecule has 0 spiro atoms. The third kappa shape index (κ3) is 5.13. The molecular weight excluding hydrogens is 368 g/mol. The lowest BCUT2D eigenvalue weighted by Gasteiger charge is -2.31. The van der Waals surface area contributed by atoms with Crippen molar-refractivity contribution in [2.24, 2.45) is 11.7 Å². The van der Waals surface area contributed by atoms with Crippen LogP contribution in [0.1, 0.15) is 23.2 Å². The van der Waals surface area contributed by atoms with E-state index < -0.39 is 0 Å². The highest BCUT2D eigenvalue weighted by Gasteiger charge is 2.27. The van der Waals surface area contributed by atoms with Gasteiger partial charge in [-0.1, -0.05) is 30.3 Å². The summed E-state index contributed by atoms with van der Waals surface area (Å²) in [6.45, 7) is 1.12. The lowest BCUT2D eigenvalue weighted by molar-refractivity contribution is -0.123. The van der Waals surface area contributed by atoms with E-state index in [-0.39, 0.29) is 30.2 Å². The summed E-state index contributed by atoms with van der Waals surface area (Å²) in [5.74, 6) is -0.848. The molecule has 0 aliphatic carbocycles. The van der Waals surface area contributed by atoms with Crippen LogP contribution in [-0.4, -0.2) is 49.3 Å². The molecule has 3 N–H and O–H groups in total. The molecule has 1 fully saturated rings. The number of hydrogen-bond donors (Lipinski definition) is 2. The van der Waals surface area contributed by atoms with Gasteiger partial charge in [-0.2, -0.15) is 0 Å². The third-order valence-corrected chi connectivity index (χ3v) is 5.19. The maximum absolute atomic E-state index is 13.0. The minimum absolute atomic E-state index is 0.153. The van der Waals surface area contributed by atoms with Crippen LogP contribution in [0, 0.1) is 5.92 Å². The van der Waals surface area contributed by atoms with Gasteiger partial charge in [0, 0.05) is 31.7 Å². The van der Waals surface area contributed by atoms with Crippen LogP contribution in [0.3, 0.4) is 0 Å². The van der Waals surface area contributed by atoms with Gasteiger partial charge in [-0.25, -0.2) is 0 Å². The number of hydrogen-bond acceptors (Lipinski definition) is 4. The SMILES string of the molecule is CN(CC(=O)Nc1ccccc1C(=O)N1CCC(C(N)=O)CC1)c1ccccc1. The Morgan fingerprint density at radius 1 is 1.03 bits per heavy atom. The van der Waals surface area contributed by atoms with Crippen LogP contribution in [0.25, 0.3) is 0 Å². The minimum Gasteiger partial charge on any atom is -0.369 e. The molecule has 3 rings (SSSR count). The molecule has 2 aromatic carbocycles. The van der Waals surface area contributed by atoms with Gasteiger partial charge in [-0.15, -0.1) is 0 Å². The number of carbonyl (C=O) groups excluding carboxylic acids is 3. The molecule has 0 bridgehead atoms. The average molecular weight is 394 g/mol. The van der Waals surface area contributed by atoms with Crippen LogP contribution in [-0.2, 0) is 9.59 Å². The van der Waals surface area contributed by atoms with E-state index in [4.69, 9.17) is 5.73 Å². The van der Waals surface area contributed by atoms with Crippen molar-refractivity contribution in [3.63, 3.8) is 0 Å². The molecule has 152 valence electrons. The normalized spacial score (nSPS) is 14.3. The van der Waals surface area contributed by atoms with E-state index in [1.165, 1.54) is 0 Å². The van der Waals surface area contributed by atoms with Crippen molar-refractivity contribution in [1.82, 2.24) is 4.90 Å². The fourth-order valence-corrected chi connectivity index (χ4v) is 3.49. The topological polar surface area (TPSA) is 95.7 Å². The molecule has 7 heteroatoms. The first-order valence-corrected chi connectivity index (χ1v) is 9.69. The van der Waals surface area contributed by atoms with Gasteiger partial charge in [-0.3, -0.25) is 14.4 Å². The average Bonchev–Trinajstić information content (AvgIpc) is 2.74. The molecule has 1 aliphatic rings. The lowest BCUT2D eigenvalue weighted by Crippen LogP contribution is -2.42. The second kappa shape index (κ2) is 9.23. The maximum Gasteiger partial charge on any atom is 0.255 e. The van der Waals surface area contributed by atoms with E-state index in [0.29, 0.717) is 37.2 Å². The first-order valence-electron chi connectivity index (χ1n) is 9.69. The predicted octanol–water partition coefficient (Wildman–Crippen LogP) is 2.10. The van der Waals surface area contributed by atoms with Gasteiger partial charge in [0.25, 0.3) is 5.91 Å². The number of likely N-dealkylation sites (N-methyl/N-ethyl adjacent to an activating group) is 1. The highest BCUT2D eigenvalue weighted by molar-refractivity contribution is 6.04. The van der Waals surface area contributed by atoms with E-state index in [1.807, 2.05) is 42.3 Å². The first kappa shape index (κ1) is 20.4. The largest absolute Gasteiger partial charge is 0.369 e. The first-order chi connectivity index (χ1) is 14.0. The van der Waals surface area contributed by atoms with E-state index in [2.05, 4.69) is 5.32 Å². The van der Waals surface area contributed by atoms with Crippen molar-refractivity contribution in [2.75, 3.05) is 36.9 Å². The molecule has 3 amide bonds. The van der Waals surface area contributed by atoms with Crippen molar-refractivity contribution in [1.29, 1.82) is 0 Å². The third-order valence-electron chi connectivity index (χ3n) is 5.19. The Labute approximate surface area is 170 Å². The number of para-hydroxylation sites is 2. The van der Waals surface area contributed by atoms with Gasteiger partial charge < -0.3 is 20.9 Å². The number of nitrogens with two attached hydrogens (primary N) is 1. The molecule has 0 unspecified atom stereocenters. The maximum atomic E-state index is 13.0. The zero-order chi connectivity index (χ0) is 20.8. The zero-order valence-electron chi connectivity index (χ0n) is 16.5. The minimum atomic E-state index is -0.313. The van der Waals surface area contributed by atoms with Crippen molar-refractivity contribution in [2.45, 2.75) is 12.8 Å². The summed E-state index contributed by atoms with van der Waals surface area (Å²) < 4.78 is 0. The summed E-state index contributed by atoms with van der Waals surface area (Å²) in [4.78, 5) is 40.4. The number of benzene rings is 2. The molecule has 29 heavy (non-hydrogen) atoms. The van der Waals surface area contributed by atoms with E-state index in [9.17, 15) is 14.4 Å². The van der Waals surface area contributed by atoms with Crippen LogP contribution < -0.4 is 16.0 Å². The molecule has 0 radical (unpaired) electrons. The monoisotopic (exact) mass is 394 g/mol. The molecule has 0 aromatic heterocycles. The Kier molecular flexibility index (Phi) is 6.49. The fraction of sp³-hybridized carbons (Fsp3) is 0.318. The van der Waals surface area contributed by atoms with Crippen molar-refractivity contribution in [3.8, 4) is 0 Å². The van der Waals surface area contributed by atoms with Gasteiger partial charge in [-0.05, 0) is 37.1 Å². The smallest absolute Gasteiger partial charge is 0.255 e. The summed E-state index contributed by atoms with van der Waals surface area (Å²) in [7, 11) is 1.84. The highest BCUT2D eigenvalue weighted by Crippen LogP contribution is 2.22. The Morgan fingerprint density at radius 3 is 2.31 bits per heavy atom. The standard InChI is InChI=1S/C22H26N4O3/c1-25(17-7-3-2-4-8-17)15-20(27)24-19-10-6-5-9-18(19)22(29)26-13-11-16(12-14-26)21(23)28/h2-10,16H,11-15H2,1H3,(H2,23,28)(H,24,27). The Hall–Kier alpha value is -3.35. The second-order valence-corrected chi connectivity index (χ2v) is 7.25. The number of likely N-dealkylation sites (tertiary alicyclic amines) is 1. The number of anilines is 2. The molecule has 1 heterocycles. The summed E-state index contributed by atoms with van der Waals surface area (Å²) in [5, 5.41) is 2.86. The Balaban J connectivity index is 1.65.